The monoisotopic (exact) mass is 551 g/mol. The number of hydrogen-bond donors (Lipinski definition) is 0. The third kappa shape index (κ3) is 6.21. The van der Waals surface area contributed by atoms with Crippen LogP contribution in [0.2, 0.25) is 5.02 Å². The summed E-state index contributed by atoms with van der Waals surface area (Å²) in [5.74, 6) is -1.48. The Hall–Kier alpha value is -3.53. The predicted octanol–water partition coefficient (Wildman–Crippen LogP) is 3.97. The maximum Gasteiger partial charge on any atom is 0.262 e. The highest BCUT2D eigenvalue weighted by Gasteiger charge is 2.35. The minimum absolute atomic E-state index is 0.0593. The van der Waals surface area contributed by atoms with Crippen LogP contribution in [-0.2, 0) is 16.6 Å². The van der Waals surface area contributed by atoms with Crippen molar-refractivity contribution in [3.63, 3.8) is 0 Å². The smallest absolute Gasteiger partial charge is 0.262 e. The number of ether oxygens (including phenoxy) is 1. The summed E-state index contributed by atoms with van der Waals surface area (Å²) in [7, 11) is 1.93. The van der Waals surface area contributed by atoms with Gasteiger partial charge in [0.15, 0.2) is 0 Å². The highest BCUT2D eigenvalue weighted by atomic mass is 35.5. The van der Waals surface area contributed by atoms with Crippen molar-refractivity contribution < 1.29 is 18.7 Å². The molecule has 2 aromatic carbocycles. The maximum atomic E-state index is 14.6. The molecule has 0 bridgehead atoms. The number of amides is 2. The van der Waals surface area contributed by atoms with E-state index in [4.69, 9.17) is 21.4 Å². The first-order chi connectivity index (χ1) is 18.9. The molecule has 2 amide bonds. The fraction of sp³-hybridized carbons (Fsp3) is 0.345. The molecule has 0 N–H and O–H groups in total. The number of aryl methyl sites for hydroxylation is 1. The van der Waals surface area contributed by atoms with Crippen molar-refractivity contribution in [2.75, 3.05) is 45.9 Å². The van der Waals surface area contributed by atoms with Gasteiger partial charge in [-0.25, -0.2) is 9.40 Å². The molecule has 0 spiro atoms. The molecule has 1 aromatic heterocycles. The summed E-state index contributed by atoms with van der Waals surface area (Å²) >= 11 is 6.12. The first-order valence-electron chi connectivity index (χ1n) is 13.0. The van der Waals surface area contributed by atoms with Crippen LogP contribution in [0.5, 0.6) is 0 Å². The zero-order chi connectivity index (χ0) is 27.4. The number of hydrogen-bond acceptors (Lipinski definition) is 5. The molecular weight excluding hydrogens is 521 g/mol. The zero-order valence-electron chi connectivity index (χ0n) is 21.8. The number of aromatic nitrogens is 1. The number of benzene rings is 2. The Morgan fingerprint density at radius 1 is 1.08 bits per heavy atom. The molecule has 0 radical (unpaired) electrons. The molecule has 3 aromatic rings. The van der Waals surface area contributed by atoms with Gasteiger partial charge in [0.25, 0.3) is 11.8 Å². The number of carbonyl (C=O) groups is 2. The highest BCUT2D eigenvalue weighted by molar-refractivity contribution is 6.30. The standard InChI is InChI=1S/C29H31ClFN5O3/c1-33-12-4-7-26(33)25-19-27(21-8-10-22(30)11-9-21)36(32-25)28(37)20-35(14-13-34-15-17-39-18-16-34)29(38)23-5-2-3-6-24(23)31/h2-12,27H,13-20H2,1H3. The Morgan fingerprint density at radius 3 is 2.51 bits per heavy atom. The van der Waals surface area contributed by atoms with E-state index in [0.717, 1.165) is 30.1 Å². The van der Waals surface area contributed by atoms with Crippen molar-refractivity contribution >= 4 is 29.1 Å². The van der Waals surface area contributed by atoms with Crippen LogP contribution in [0.4, 0.5) is 4.39 Å². The molecule has 2 aliphatic rings. The SMILES string of the molecule is Cn1cccc1C1=NN(C(=O)CN(CCN2CCOCC2)C(=O)c2ccccc2F)C(c2ccc(Cl)cc2)C1. The molecule has 1 atom stereocenters. The van der Waals surface area contributed by atoms with Gasteiger partial charge in [0.1, 0.15) is 12.4 Å². The molecule has 39 heavy (non-hydrogen) atoms. The van der Waals surface area contributed by atoms with Crippen LogP contribution in [0.15, 0.2) is 72.0 Å². The van der Waals surface area contributed by atoms with E-state index in [0.29, 0.717) is 31.2 Å². The largest absolute Gasteiger partial charge is 0.379 e. The van der Waals surface area contributed by atoms with E-state index in [9.17, 15) is 14.0 Å². The van der Waals surface area contributed by atoms with Crippen LogP contribution < -0.4 is 0 Å². The van der Waals surface area contributed by atoms with Gasteiger partial charge in [0.05, 0.1) is 36.2 Å². The average Bonchev–Trinajstić information content (AvgIpc) is 3.58. The van der Waals surface area contributed by atoms with Crippen LogP contribution in [0.25, 0.3) is 0 Å². The summed E-state index contributed by atoms with van der Waals surface area (Å²) < 4.78 is 22.0. The summed E-state index contributed by atoms with van der Waals surface area (Å²) in [5, 5.41) is 6.79. The summed E-state index contributed by atoms with van der Waals surface area (Å²) in [6, 6.07) is 16.7. The van der Waals surface area contributed by atoms with Gasteiger partial charge in [-0.05, 0) is 42.0 Å². The summed E-state index contributed by atoms with van der Waals surface area (Å²) in [6.45, 7) is 3.31. The van der Waals surface area contributed by atoms with Crippen molar-refractivity contribution in [1.82, 2.24) is 19.4 Å². The van der Waals surface area contributed by atoms with Gasteiger partial charge in [0.2, 0.25) is 0 Å². The topological polar surface area (TPSA) is 70.4 Å². The third-order valence-corrected chi connectivity index (χ3v) is 7.42. The lowest BCUT2D eigenvalue weighted by Crippen LogP contribution is -2.46. The minimum Gasteiger partial charge on any atom is -0.379 e. The predicted molar refractivity (Wildman–Crippen MR) is 147 cm³/mol. The number of morpholine rings is 1. The molecule has 5 rings (SSSR count). The molecule has 2 aliphatic heterocycles. The number of hydrazone groups is 1. The molecule has 8 nitrogen and oxygen atoms in total. The molecule has 204 valence electrons. The fourth-order valence-corrected chi connectivity index (χ4v) is 5.11. The van der Waals surface area contributed by atoms with Crippen LogP contribution in [0.3, 0.4) is 0 Å². The summed E-state index contributed by atoms with van der Waals surface area (Å²) in [5.41, 5.74) is 2.52. The van der Waals surface area contributed by atoms with E-state index >= 15 is 0 Å². The van der Waals surface area contributed by atoms with Crippen molar-refractivity contribution in [3.8, 4) is 0 Å². The van der Waals surface area contributed by atoms with Crippen molar-refractivity contribution in [1.29, 1.82) is 0 Å². The Balaban J connectivity index is 1.41. The quantitative estimate of drug-likeness (QED) is 0.425. The van der Waals surface area contributed by atoms with E-state index in [1.165, 1.54) is 28.1 Å². The van der Waals surface area contributed by atoms with Gasteiger partial charge in [-0.3, -0.25) is 14.5 Å². The first-order valence-corrected chi connectivity index (χ1v) is 13.4. The molecule has 0 aliphatic carbocycles. The number of nitrogens with zero attached hydrogens (tertiary/aromatic N) is 5. The van der Waals surface area contributed by atoms with E-state index in [2.05, 4.69) is 4.90 Å². The van der Waals surface area contributed by atoms with Crippen LogP contribution in [-0.4, -0.2) is 82.8 Å². The molecule has 1 saturated heterocycles. The van der Waals surface area contributed by atoms with Crippen LogP contribution in [0.1, 0.15) is 34.1 Å². The van der Waals surface area contributed by atoms with E-state index in [1.54, 1.807) is 18.2 Å². The van der Waals surface area contributed by atoms with Crippen LogP contribution in [0, 0.1) is 5.82 Å². The van der Waals surface area contributed by atoms with Crippen molar-refractivity contribution in [3.05, 3.63) is 94.5 Å². The van der Waals surface area contributed by atoms with E-state index in [1.807, 2.05) is 42.1 Å². The van der Waals surface area contributed by atoms with Gasteiger partial charge in [-0.15, -0.1) is 0 Å². The first kappa shape index (κ1) is 27.1. The van der Waals surface area contributed by atoms with E-state index in [-0.39, 0.29) is 30.6 Å². The van der Waals surface area contributed by atoms with Gasteiger partial charge >= 0.3 is 0 Å². The summed E-state index contributed by atoms with van der Waals surface area (Å²) in [6.07, 6.45) is 2.44. The lowest BCUT2D eigenvalue weighted by molar-refractivity contribution is -0.133. The highest BCUT2D eigenvalue weighted by Crippen LogP contribution is 2.33. The van der Waals surface area contributed by atoms with Gasteiger partial charge < -0.3 is 14.2 Å². The maximum absolute atomic E-state index is 14.6. The molecule has 1 unspecified atom stereocenters. The third-order valence-electron chi connectivity index (χ3n) is 7.17. The Kier molecular flexibility index (Phi) is 8.40. The van der Waals surface area contributed by atoms with E-state index < -0.39 is 11.7 Å². The van der Waals surface area contributed by atoms with Crippen molar-refractivity contribution in [2.45, 2.75) is 12.5 Å². The molecule has 1 fully saturated rings. The normalized spacial score (nSPS) is 17.8. The number of carbonyl (C=O) groups excluding carboxylic acids is 2. The second-order valence-corrected chi connectivity index (χ2v) is 10.2. The minimum atomic E-state index is -0.615. The second kappa shape index (κ2) is 12.1. The number of halogens is 2. The lowest BCUT2D eigenvalue weighted by Gasteiger charge is -2.31. The lowest BCUT2D eigenvalue weighted by atomic mass is 10.0. The van der Waals surface area contributed by atoms with Gasteiger partial charge in [0, 0.05) is 50.9 Å². The van der Waals surface area contributed by atoms with Gasteiger partial charge in [-0.2, -0.15) is 5.10 Å². The fourth-order valence-electron chi connectivity index (χ4n) is 4.98. The molecule has 0 saturated carbocycles. The molecule has 3 heterocycles. The molecular formula is C29H31ClFN5O3. The second-order valence-electron chi connectivity index (χ2n) is 9.72. The Bertz CT molecular complexity index is 1350. The van der Waals surface area contributed by atoms with Gasteiger partial charge in [-0.1, -0.05) is 35.9 Å². The number of rotatable bonds is 8. The average molecular weight is 552 g/mol. The summed E-state index contributed by atoms with van der Waals surface area (Å²) in [4.78, 5) is 30.9. The Morgan fingerprint density at radius 2 is 1.82 bits per heavy atom. The Labute approximate surface area is 232 Å². The molecule has 10 heteroatoms. The van der Waals surface area contributed by atoms with Crippen molar-refractivity contribution in [2.24, 2.45) is 12.1 Å². The zero-order valence-corrected chi connectivity index (χ0v) is 22.6. The van der Waals surface area contributed by atoms with Crippen LogP contribution >= 0.6 is 11.6 Å².